The number of hydrogen-bond acceptors (Lipinski definition) is 7. The quantitative estimate of drug-likeness (QED) is 0.471. The lowest BCUT2D eigenvalue weighted by molar-refractivity contribution is -0.394. The lowest BCUT2D eigenvalue weighted by Crippen LogP contribution is -2.42. The number of nitro groups is 2. The number of ether oxygens (including phenoxy) is 2. The molecule has 0 N–H and O–H groups in total. The van der Waals surface area contributed by atoms with Crippen LogP contribution in [0.5, 0.6) is 0 Å². The predicted octanol–water partition coefficient (Wildman–Crippen LogP) is 1.72. The Bertz CT molecular complexity index is 623. The van der Waals surface area contributed by atoms with Crippen molar-refractivity contribution in [1.82, 2.24) is 0 Å². The van der Waals surface area contributed by atoms with Gasteiger partial charge in [0.25, 0.3) is 11.4 Å². The maximum atomic E-state index is 12.2. The van der Waals surface area contributed by atoms with Crippen LogP contribution in [-0.4, -0.2) is 36.1 Å². The molecule has 0 bridgehead atoms. The predicted molar refractivity (Wildman–Crippen MR) is 73.5 cm³/mol. The van der Waals surface area contributed by atoms with Crippen molar-refractivity contribution in [3.63, 3.8) is 0 Å². The van der Waals surface area contributed by atoms with Crippen LogP contribution < -0.4 is 0 Å². The summed E-state index contributed by atoms with van der Waals surface area (Å²) in [5.41, 5.74) is -1.95. The molecule has 9 heteroatoms. The van der Waals surface area contributed by atoms with E-state index in [1.165, 1.54) is 13.2 Å². The minimum Gasteiger partial charge on any atom is -0.468 e. The summed E-state index contributed by atoms with van der Waals surface area (Å²) < 4.78 is 10.0. The summed E-state index contributed by atoms with van der Waals surface area (Å²) in [6.07, 6.45) is 0.441. The number of esters is 1. The van der Waals surface area contributed by atoms with Gasteiger partial charge < -0.3 is 9.47 Å². The Hall–Kier alpha value is -2.55. The van der Waals surface area contributed by atoms with E-state index in [1.54, 1.807) is 0 Å². The van der Waals surface area contributed by atoms with Crippen LogP contribution in [0.3, 0.4) is 0 Å². The zero-order chi connectivity index (χ0) is 16.3. The van der Waals surface area contributed by atoms with Crippen molar-refractivity contribution in [2.45, 2.75) is 18.3 Å². The third-order valence-corrected chi connectivity index (χ3v) is 3.83. The highest BCUT2D eigenvalue weighted by molar-refractivity contribution is 5.85. The van der Waals surface area contributed by atoms with Crippen molar-refractivity contribution in [3.8, 4) is 0 Å². The molecule has 2 rings (SSSR count). The fourth-order valence-corrected chi connectivity index (χ4v) is 2.69. The Kier molecular flexibility index (Phi) is 4.36. The van der Waals surface area contributed by atoms with Gasteiger partial charge in [-0.1, -0.05) is 0 Å². The zero-order valence-corrected chi connectivity index (χ0v) is 11.8. The second-order valence-electron chi connectivity index (χ2n) is 4.90. The molecule has 0 amide bonds. The average molecular weight is 310 g/mol. The summed E-state index contributed by atoms with van der Waals surface area (Å²) >= 11 is 0. The molecule has 1 aromatic carbocycles. The lowest BCUT2D eigenvalue weighted by atomic mass is 9.73. The van der Waals surface area contributed by atoms with E-state index in [0.29, 0.717) is 0 Å². The molecular weight excluding hydrogens is 296 g/mol. The van der Waals surface area contributed by atoms with Crippen molar-refractivity contribution in [3.05, 3.63) is 44.0 Å². The van der Waals surface area contributed by atoms with Gasteiger partial charge in [-0.2, -0.15) is 0 Å². The number of carbonyl (C=O) groups excluding carboxylic acids is 1. The molecule has 0 aliphatic carbocycles. The van der Waals surface area contributed by atoms with Crippen molar-refractivity contribution >= 4 is 17.3 Å². The zero-order valence-electron chi connectivity index (χ0n) is 11.8. The van der Waals surface area contributed by atoms with E-state index in [9.17, 15) is 25.0 Å². The Morgan fingerprint density at radius 1 is 1.23 bits per heavy atom. The van der Waals surface area contributed by atoms with Gasteiger partial charge in [-0.25, -0.2) is 0 Å². The summed E-state index contributed by atoms with van der Waals surface area (Å²) in [6, 6.07) is 3.29. The van der Waals surface area contributed by atoms with Crippen LogP contribution in [0.25, 0.3) is 0 Å². The van der Waals surface area contributed by atoms with Crippen molar-refractivity contribution in [2.75, 3.05) is 20.3 Å². The SMILES string of the molecule is COC(=O)C1(c2ccc([N+](=O)[O-])cc2[N+](=O)[O-])CCOCC1. The topological polar surface area (TPSA) is 122 Å². The standard InChI is InChI=1S/C13H14N2O7/c1-21-12(16)13(4-6-22-7-5-13)10-3-2-9(14(17)18)8-11(10)15(19)20/h2-3,8H,4-7H2,1H3. The first-order valence-electron chi connectivity index (χ1n) is 6.52. The number of nitrogens with zero attached hydrogens (tertiary/aromatic N) is 2. The smallest absolute Gasteiger partial charge is 0.316 e. The molecule has 1 aliphatic rings. The van der Waals surface area contributed by atoms with E-state index >= 15 is 0 Å². The lowest BCUT2D eigenvalue weighted by Gasteiger charge is -2.34. The van der Waals surface area contributed by atoms with Gasteiger partial charge in [-0.15, -0.1) is 0 Å². The molecule has 0 spiro atoms. The molecule has 1 heterocycles. The molecule has 0 radical (unpaired) electrons. The van der Waals surface area contributed by atoms with E-state index in [1.807, 2.05) is 0 Å². The first-order valence-corrected chi connectivity index (χ1v) is 6.52. The second-order valence-corrected chi connectivity index (χ2v) is 4.90. The number of carbonyl (C=O) groups is 1. The highest BCUT2D eigenvalue weighted by Gasteiger charge is 2.47. The minimum absolute atomic E-state index is 0.123. The maximum absolute atomic E-state index is 12.2. The molecule has 22 heavy (non-hydrogen) atoms. The van der Waals surface area contributed by atoms with Crippen molar-refractivity contribution in [1.29, 1.82) is 0 Å². The van der Waals surface area contributed by atoms with Crippen LogP contribution in [0, 0.1) is 20.2 Å². The summed E-state index contributed by atoms with van der Waals surface area (Å²) in [6.45, 7) is 0.506. The highest BCUT2D eigenvalue weighted by atomic mass is 16.6. The molecule has 118 valence electrons. The van der Waals surface area contributed by atoms with Crippen molar-refractivity contribution < 1.29 is 24.1 Å². The molecule has 1 aliphatic heterocycles. The van der Waals surface area contributed by atoms with Crippen LogP contribution in [0.4, 0.5) is 11.4 Å². The molecule has 0 saturated carbocycles. The van der Waals surface area contributed by atoms with Gasteiger partial charge in [-0.05, 0) is 18.9 Å². The molecular formula is C13H14N2O7. The Morgan fingerprint density at radius 2 is 1.86 bits per heavy atom. The van der Waals surface area contributed by atoms with Gasteiger partial charge in [0, 0.05) is 24.8 Å². The summed E-state index contributed by atoms with van der Waals surface area (Å²) in [5.74, 6) is -0.604. The van der Waals surface area contributed by atoms with Crippen LogP contribution >= 0.6 is 0 Å². The third kappa shape index (κ3) is 2.62. The molecule has 1 aromatic rings. The van der Waals surface area contributed by atoms with E-state index in [0.717, 1.165) is 12.1 Å². The van der Waals surface area contributed by atoms with Gasteiger partial charge in [0.05, 0.1) is 23.0 Å². The van der Waals surface area contributed by atoms with Crippen LogP contribution in [0.2, 0.25) is 0 Å². The number of benzene rings is 1. The van der Waals surface area contributed by atoms with Crippen molar-refractivity contribution in [2.24, 2.45) is 0 Å². The number of non-ortho nitro benzene ring substituents is 1. The Balaban J connectivity index is 2.63. The fourth-order valence-electron chi connectivity index (χ4n) is 2.69. The highest BCUT2D eigenvalue weighted by Crippen LogP contribution is 2.41. The molecule has 0 aromatic heterocycles. The number of nitro benzene ring substituents is 2. The number of hydrogen-bond donors (Lipinski definition) is 0. The third-order valence-electron chi connectivity index (χ3n) is 3.83. The van der Waals surface area contributed by atoms with Gasteiger partial charge in [0.2, 0.25) is 0 Å². The number of rotatable bonds is 4. The molecule has 0 atom stereocenters. The van der Waals surface area contributed by atoms with E-state index < -0.39 is 32.6 Å². The maximum Gasteiger partial charge on any atom is 0.316 e. The van der Waals surface area contributed by atoms with E-state index in [-0.39, 0.29) is 31.6 Å². The Morgan fingerprint density at radius 3 is 2.36 bits per heavy atom. The van der Waals surface area contributed by atoms with E-state index in [2.05, 4.69) is 0 Å². The summed E-state index contributed by atoms with van der Waals surface area (Å²) in [7, 11) is 1.21. The van der Waals surface area contributed by atoms with Crippen LogP contribution in [0.15, 0.2) is 18.2 Å². The van der Waals surface area contributed by atoms with Gasteiger partial charge in [0.1, 0.15) is 5.41 Å². The summed E-state index contributed by atoms with van der Waals surface area (Å²) in [4.78, 5) is 32.9. The minimum atomic E-state index is -1.22. The van der Waals surface area contributed by atoms with E-state index in [4.69, 9.17) is 9.47 Å². The number of methoxy groups -OCH3 is 1. The van der Waals surface area contributed by atoms with Gasteiger partial charge >= 0.3 is 5.97 Å². The summed E-state index contributed by atoms with van der Waals surface area (Å²) in [5, 5.41) is 22.1. The normalized spacial score (nSPS) is 16.8. The van der Waals surface area contributed by atoms with Crippen LogP contribution in [0.1, 0.15) is 18.4 Å². The fraction of sp³-hybridized carbons (Fsp3) is 0.462. The molecule has 0 unspecified atom stereocenters. The average Bonchev–Trinajstić information content (AvgIpc) is 2.53. The van der Waals surface area contributed by atoms with Crippen LogP contribution in [-0.2, 0) is 19.7 Å². The molecule has 9 nitrogen and oxygen atoms in total. The molecule has 1 fully saturated rings. The van der Waals surface area contributed by atoms with Gasteiger partial charge in [0.15, 0.2) is 0 Å². The Labute approximate surface area is 125 Å². The first kappa shape index (κ1) is 15.8. The monoisotopic (exact) mass is 310 g/mol. The molecule has 1 saturated heterocycles. The largest absolute Gasteiger partial charge is 0.468 e. The first-order chi connectivity index (χ1) is 10.4. The second kappa shape index (κ2) is 6.06. The van der Waals surface area contributed by atoms with Gasteiger partial charge in [-0.3, -0.25) is 25.0 Å².